The lowest BCUT2D eigenvalue weighted by atomic mass is 10.1. The molecule has 0 saturated carbocycles. The Kier molecular flexibility index (Phi) is 6.73. The summed E-state index contributed by atoms with van der Waals surface area (Å²) in [4.78, 5) is 34.5. The largest absolute Gasteiger partial charge is 0.341 e. The van der Waals surface area contributed by atoms with E-state index in [1.165, 1.54) is 11.8 Å². The number of amides is 1. The number of carbonyl (C=O) groups excluding carboxylic acids is 1. The highest BCUT2D eigenvalue weighted by atomic mass is 32.2. The molecule has 1 atom stereocenters. The average Bonchev–Trinajstić information content (AvgIpc) is 2.90. The summed E-state index contributed by atoms with van der Waals surface area (Å²) in [5, 5.41) is 0.608. The number of benzene rings is 3. The maximum Gasteiger partial charge on any atom is 0.266 e. The van der Waals surface area contributed by atoms with Crippen LogP contribution in [-0.4, -0.2) is 33.4 Å². The number of hydrogen-bond acceptors (Lipinski definition) is 4. The summed E-state index contributed by atoms with van der Waals surface area (Å²) < 4.78 is 1.69. The monoisotopic (exact) mass is 483 g/mol. The summed E-state index contributed by atoms with van der Waals surface area (Å²) >= 11 is 1.37. The van der Waals surface area contributed by atoms with Crippen LogP contribution in [0, 0.1) is 13.8 Å². The lowest BCUT2D eigenvalue weighted by molar-refractivity contribution is -0.131. The van der Waals surface area contributed by atoms with Crippen LogP contribution in [0.3, 0.4) is 0 Å². The SMILES string of the molecule is Cc1ccc(C)c(-n2c(S[C@@H](C(=O)N3CCCCC3)c3ccccc3)nc3ccccc3c2=O)c1. The van der Waals surface area contributed by atoms with Gasteiger partial charge in [-0.15, -0.1) is 0 Å². The van der Waals surface area contributed by atoms with Gasteiger partial charge in [-0.3, -0.25) is 14.2 Å². The third-order valence-corrected chi connectivity index (χ3v) is 7.76. The zero-order valence-electron chi connectivity index (χ0n) is 20.1. The van der Waals surface area contributed by atoms with Crippen LogP contribution in [0.25, 0.3) is 16.6 Å². The lowest BCUT2D eigenvalue weighted by Crippen LogP contribution is -2.38. The molecule has 5 rings (SSSR count). The molecule has 1 saturated heterocycles. The van der Waals surface area contributed by atoms with E-state index in [0.717, 1.165) is 54.7 Å². The van der Waals surface area contributed by atoms with Gasteiger partial charge in [0.2, 0.25) is 5.91 Å². The number of fused-ring (bicyclic) bond motifs is 1. The number of likely N-dealkylation sites (tertiary alicyclic amines) is 1. The molecule has 5 nitrogen and oxygen atoms in total. The highest BCUT2D eigenvalue weighted by molar-refractivity contribution is 8.00. The Morgan fingerprint density at radius 1 is 0.914 bits per heavy atom. The van der Waals surface area contributed by atoms with Gasteiger partial charge in [0.25, 0.3) is 5.56 Å². The molecule has 0 unspecified atom stereocenters. The van der Waals surface area contributed by atoms with Crippen LogP contribution in [0.15, 0.2) is 82.7 Å². The molecule has 0 spiro atoms. The van der Waals surface area contributed by atoms with E-state index in [1.54, 1.807) is 4.57 Å². The van der Waals surface area contributed by atoms with Crippen molar-refractivity contribution in [3.63, 3.8) is 0 Å². The van der Waals surface area contributed by atoms with Gasteiger partial charge in [0.05, 0.1) is 16.6 Å². The fourth-order valence-electron chi connectivity index (χ4n) is 4.64. The van der Waals surface area contributed by atoms with Gasteiger partial charge in [-0.25, -0.2) is 4.98 Å². The van der Waals surface area contributed by atoms with E-state index in [4.69, 9.17) is 4.98 Å². The Balaban J connectivity index is 1.68. The van der Waals surface area contributed by atoms with Crippen LogP contribution >= 0.6 is 11.8 Å². The first-order valence-electron chi connectivity index (χ1n) is 12.1. The number of thioether (sulfide) groups is 1. The molecule has 2 heterocycles. The molecule has 0 aliphatic carbocycles. The van der Waals surface area contributed by atoms with Crippen molar-refractivity contribution in [2.45, 2.75) is 43.5 Å². The van der Waals surface area contributed by atoms with Gasteiger partial charge >= 0.3 is 0 Å². The molecule has 1 aromatic heterocycles. The number of hydrogen-bond donors (Lipinski definition) is 0. The zero-order valence-corrected chi connectivity index (χ0v) is 20.9. The summed E-state index contributed by atoms with van der Waals surface area (Å²) in [5.74, 6) is 0.0795. The molecule has 1 fully saturated rings. The van der Waals surface area contributed by atoms with Crippen molar-refractivity contribution in [3.8, 4) is 5.69 Å². The van der Waals surface area contributed by atoms with Gasteiger partial charge in [0.15, 0.2) is 5.16 Å². The van der Waals surface area contributed by atoms with Gasteiger partial charge in [-0.05, 0) is 68.0 Å². The quantitative estimate of drug-likeness (QED) is 0.264. The van der Waals surface area contributed by atoms with E-state index in [2.05, 4.69) is 0 Å². The molecule has 1 amide bonds. The first kappa shape index (κ1) is 23.4. The average molecular weight is 484 g/mol. The molecule has 1 aliphatic rings. The second kappa shape index (κ2) is 10.1. The number of aromatic nitrogens is 2. The molecule has 0 radical (unpaired) electrons. The first-order chi connectivity index (χ1) is 17.0. The van der Waals surface area contributed by atoms with E-state index >= 15 is 0 Å². The van der Waals surface area contributed by atoms with E-state index in [0.29, 0.717) is 16.1 Å². The minimum absolute atomic E-state index is 0.0795. The van der Waals surface area contributed by atoms with Gasteiger partial charge in [-0.1, -0.05) is 66.4 Å². The zero-order chi connectivity index (χ0) is 24.4. The van der Waals surface area contributed by atoms with Crippen LogP contribution < -0.4 is 5.56 Å². The van der Waals surface area contributed by atoms with Crippen LogP contribution in [-0.2, 0) is 4.79 Å². The third-order valence-electron chi connectivity index (χ3n) is 6.57. The maximum absolute atomic E-state index is 13.8. The van der Waals surface area contributed by atoms with Gasteiger partial charge < -0.3 is 4.90 Å². The van der Waals surface area contributed by atoms with Gasteiger partial charge in [0, 0.05) is 13.1 Å². The second-order valence-corrected chi connectivity index (χ2v) is 10.2. The maximum atomic E-state index is 13.8. The fraction of sp³-hybridized carbons (Fsp3) is 0.276. The van der Waals surface area contributed by atoms with Gasteiger partial charge in [-0.2, -0.15) is 0 Å². The van der Waals surface area contributed by atoms with Crippen molar-refractivity contribution in [2.75, 3.05) is 13.1 Å². The van der Waals surface area contributed by atoms with Crippen molar-refractivity contribution in [2.24, 2.45) is 0 Å². The standard InChI is InChI=1S/C29H29N3O2S/c1-20-15-16-21(2)25(19-20)32-27(33)23-13-7-8-14-24(23)30-29(32)35-26(22-11-5-3-6-12-22)28(34)31-17-9-4-10-18-31/h3,5-8,11-16,19,26H,4,9-10,17-18H2,1-2H3/t26-/m1/s1. The summed E-state index contributed by atoms with van der Waals surface area (Å²) in [6.07, 6.45) is 3.21. The topological polar surface area (TPSA) is 55.2 Å². The van der Waals surface area contributed by atoms with Crippen LogP contribution in [0.2, 0.25) is 0 Å². The molecule has 3 aromatic carbocycles. The second-order valence-electron chi connectivity index (χ2n) is 9.14. The predicted octanol–water partition coefficient (Wildman–Crippen LogP) is 5.85. The van der Waals surface area contributed by atoms with Gasteiger partial charge in [0.1, 0.15) is 5.25 Å². The van der Waals surface area contributed by atoms with Crippen LogP contribution in [0.4, 0.5) is 0 Å². The molecule has 4 aromatic rings. The number of carbonyl (C=O) groups is 1. The number of para-hydroxylation sites is 1. The van der Waals surface area contributed by atoms with E-state index in [1.807, 2.05) is 91.5 Å². The van der Waals surface area contributed by atoms with Crippen LogP contribution in [0.5, 0.6) is 0 Å². The number of nitrogens with zero attached hydrogens (tertiary/aromatic N) is 3. The minimum Gasteiger partial charge on any atom is -0.341 e. The highest BCUT2D eigenvalue weighted by Crippen LogP contribution is 2.37. The molecule has 178 valence electrons. The Morgan fingerprint density at radius 2 is 1.63 bits per heavy atom. The van der Waals surface area contributed by atoms with E-state index in [9.17, 15) is 9.59 Å². The number of aryl methyl sites for hydroxylation is 2. The van der Waals surface area contributed by atoms with E-state index in [-0.39, 0.29) is 11.5 Å². The first-order valence-corrected chi connectivity index (χ1v) is 13.0. The molecule has 0 N–H and O–H groups in total. The summed E-state index contributed by atoms with van der Waals surface area (Å²) in [7, 11) is 0. The number of rotatable bonds is 5. The lowest BCUT2D eigenvalue weighted by Gasteiger charge is -2.30. The Morgan fingerprint density at radius 3 is 2.40 bits per heavy atom. The Bertz CT molecular complexity index is 1430. The summed E-state index contributed by atoms with van der Waals surface area (Å²) in [5.41, 5.74) is 4.28. The van der Waals surface area contributed by atoms with E-state index < -0.39 is 5.25 Å². The van der Waals surface area contributed by atoms with Crippen molar-refractivity contribution < 1.29 is 4.79 Å². The Labute approximate surface area is 209 Å². The third kappa shape index (κ3) is 4.76. The number of piperidine rings is 1. The van der Waals surface area contributed by atoms with Crippen molar-refractivity contribution in [1.82, 2.24) is 14.5 Å². The molecular weight excluding hydrogens is 454 g/mol. The molecule has 1 aliphatic heterocycles. The fourth-order valence-corrected chi connectivity index (χ4v) is 5.83. The van der Waals surface area contributed by atoms with Crippen molar-refractivity contribution >= 4 is 28.6 Å². The van der Waals surface area contributed by atoms with Crippen molar-refractivity contribution in [1.29, 1.82) is 0 Å². The van der Waals surface area contributed by atoms with Crippen molar-refractivity contribution in [3.05, 3.63) is 99.8 Å². The highest BCUT2D eigenvalue weighted by Gasteiger charge is 2.30. The Hall–Kier alpha value is -3.38. The summed E-state index contributed by atoms with van der Waals surface area (Å²) in [6.45, 7) is 5.57. The molecule has 6 heteroatoms. The predicted molar refractivity (Wildman–Crippen MR) is 142 cm³/mol. The smallest absolute Gasteiger partial charge is 0.266 e. The normalized spacial score (nSPS) is 14.7. The van der Waals surface area contributed by atoms with Crippen LogP contribution in [0.1, 0.15) is 41.2 Å². The summed E-state index contributed by atoms with van der Waals surface area (Å²) in [6, 6.07) is 23.3. The minimum atomic E-state index is -0.487. The molecule has 35 heavy (non-hydrogen) atoms. The molecule has 0 bridgehead atoms. The molecular formula is C29H29N3O2S.